The summed E-state index contributed by atoms with van der Waals surface area (Å²) < 4.78 is 21.0. The van der Waals surface area contributed by atoms with Crippen LogP contribution in [0.1, 0.15) is 29.1 Å². The number of halogens is 1. The van der Waals surface area contributed by atoms with E-state index < -0.39 is 5.25 Å². The molecule has 3 N–H and O–H groups in total. The molecule has 0 aliphatic heterocycles. The number of thioether (sulfide) groups is 1. The number of benzene rings is 3. The van der Waals surface area contributed by atoms with Crippen molar-refractivity contribution < 1.29 is 13.9 Å². The number of nitrogens with two attached hydrogens (primary N) is 1. The number of nitrogens with one attached hydrogen (secondary N) is 1. The zero-order chi connectivity index (χ0) is 23.9. The van der Waals surface area contributed by atoms with Crippen molar-refractivity contribution >= 4 is 23.4 Å². The van der Waals surface area contributed by atoms with Crippen molar-refractivity contribution in [3.05, 3.63) is 102 Å². The van der Waals surface area contributed by atoms with Crippen LogP contribution in [-0.4, -0.2) is 27.4 Å². The molecule has 0 fully saturated rings. The second kappa shape index (κ2) is 10.8. The minimum Gasteiger partial charge on any atom is -0.492 e. The Hall–Kier alpha value is -3.85. The van der Waals surface area contributed by atoms with Gasteiger partial charge in [0.1, 0.15) is 16.8 Å². The van der Waals surface area contributed by atoms with Gasteiger partial charge >= 0.3 is 0 Å². The van der Waals surface area contributed by atoms with Gasteiger partial charge in [-0.3, -0.25) is 4.79 Å². The molecule has 7 nitrogen and oxygen atoms in total. The molecule has 0 aliphatic carbocycles. The van der Waals surface area contributed by atoms with Crippen LogP contribution < -0.4 is 15.9 Å². The van der Waals surface area contributed by atoms with Gasteiger partial charge in [0, 0.05) is 6.42 Å². The van der Waals surface area contributed by atoms with Crippen LogP contribution in [0.4, 0.5) is 10.1 Å². The minimum absolute atomic E-state index is 0.181. The van der Waals surface area contributed by atoms with Crippen LogP contribution in [0.5, 0.6) is 5.75 Å². The highest BCUT2D eigenvalue weighted by Crippen LogP contribution is 2.36. The first-order valence-corrected chi connectivity index (χ1v) is 11.6. The van der Waals surface area contributed by atoms with Crippen LogP contribution in [0.15, 0.2) is 84.0 Å². The molecule has 0 unspecified atom stereocenters. The van der Waals surface area contributed by atoms with E-state index in [0.29, 0.717) is 34.6 Å². The van der Waals surface area contributed by atoms with E-state index in [1.165, 1.54) is 22.5 Å². The molecule has 1 atom stereocenters. The first kappa shape index (κ1) is 23.3. The molecule has 174 valence electrons. The van der Waals surface area contributed by atoms with Crippen molar-refractivity contribution in [1.82, 2.24) is 14.9 Å². The zero-order valence-electron chi connectivity index (χ0n) is 18.5. The second-order valence-electron chi connectivity index (χ2n) is 7.36. The third-order valence-electron chi connectivity index (χ3n) is 5.05. The predicted molar refractivity (Wildman–Crippen MR) is 131 cm³/mol. The van der Waals surface area contributed by atoms with E-state index in [1.807, 2.05) is 49.4 Å². The van der Waals surface area contributed by atoms with Gasteiger partial charge in [-0.25, -0.2) is 9.07 Å². The number of carbonyl (C=O) groups is 1. The SMILES string of the molecule is CCOc1ccccc1NC(=O)[C@H](Sc1nnc(Cc2ccccc2F)n1N)c1ccccc1. The Labute approximate surface area is 201 Å². The molecule has 0 spiro atoms. The highest BCUT2D eigenvalue weighted by molar-refractivity contribution is 8.00. The van der Waals surface area contributed by atoms with Crippen LogP contribution in [0, 0.1) is 5.82 Å². The van der Waals surface area contributed by atoms with E-state index in [4.69, 9.17) is 10.6 Å². The van der Waals surface area contributed by atoms with Crippen LogP contribution >= 0.6 is 11.8 Å². The lowest BCUT2D eigenvalue weighted by molar-refractivity contribution is -0.115. The third-order valence-corrected chi connectivity index (χ3v) is 6.26. The second-order valence-corrected chi connectivity index (χ2v) is 8.44. The topological polar surface area (TPSA) is 95.1 Å². The Bertz CT molecular complexity index is 1270. The average molecular weight is 478 g/mol. The van der Waals surface area contributed by atoms with Gasteiger partial charge in [0.25, 0.3) is 0 Å². The Morgan fingerprint density at radius 3 is 2.53 bits per heavy atom. The van der Waals surface area contributed by atoms with Crippen molar-refractivity contribution in [1.29, 1.82) is 0 Å². The summed E-state index contributed by atoms with van der Waals surface area (Å²) in [5.41, 5.74) is 1.81. The zero-order valence-corrected chi connectivity index (χ0v) is 19.3. The third kappa shape index (κ3) is 5.37. The molecule has 34 heavy (non-hydrogen) atoms. The molecule has 1 heterocycles. The van der Waals surface area contributed by atoms with Crippen LogP contribution in [0.2, 0.25) is 0 Å². The lowest BCUT2D eigenvalue weighted by Gasteiger charge is -2.18. The largest absolute Gasteiger partial charge is 0.492 e. The fraction of sp³-hybridized carbons (Fsp3) is 0.160. The number of para-hydroxylation sites is 2. The molecule has 1 aromatic heterocycles. The number of hydrogen-bond donors (Lipinski definition) is 2. The number of nitrogen functional groups attached to an aromatic ring is 1. The van der Waals surface area contributed by atoms with Gasteiger partial charge < -0.3 is 15.9 Å². The summed E-state index contributed by atoms with van der Waals surface area (Å²) in [6.45, 7) is 2.36. The molecular weight excluding hydrogens is 453 g/mol. The van der Waals surface area contributed by atoms with E-state index in [-0.39, 0.29) is 18.1 Å². The molecule has 0 radical (unpaired) electrons. The smallest absolute Gasteiger partial charge is 0.242 e. The molecule has 4 aromatic rings. The van der Waals surface area contributed by atoms with E-state index in [2.05, 4.69) is 15.5 Å². The standard InChI is InChI=1S/C25H24FN5O2S/c1-2-33-21-15-9-8-14-20(21)28-24(32)23(17-10-4-3-5-11-17)34-25-30-29-22(31(25)27)16-18-12-6-7-13-19(18)26/h3-15,23H,2,16,27H2,1H3,(H,28,32)/t23-/m1/s1. The summed E-state index contributed by atoms with van der Waals surface area (Å²) in [5, 5.41) is 10.9. The van der Waals surface area contributed by atoms with Crippen molar-refractivity contribution in [2.24, 2.45) is 0 Å². The molecule has 0 bridgehead atoms. The maximum Gasteiger partial charge on any atom is 0.242 e. The first-order chi connectivity index (χ1) is 16.6. The summed E-state index contributed by atoms with van der Waals surface area (Å²) in [6.07, 6.45) is 0.181. The fourth-order valence-corrected chi connectivity index (χ4v) is 4.35. The summed E-state index contributed by atoms with van der Waals surface area (Å²) in [7, 11) is 0. The van der Waals surface area contributed by atoms with Crippen molar-refractivity contribution in [3.63, 3.8) is 0 Å². The fourth-order valence-electron chi connectivity index (χ4n) is 3.38. The van der Waals surface area contributed by atoms with Crippen molar-refractivity contribution in [2.75, 3.05) is 17.8 Å². The van der Waals surface area contributed by atoms with Crippen molar-refractivity contribution in [3.8, 4) is 5.75 Å². The van der Waals surface area contributed by atoms with Crippen LogP contribution in [0.3, 0.4) is 0 Å². The highest BCUT2D eigenvalue weighted by Gasteiger charge is 2.26. The minimum atomic E-state index is -0.663. The van der Waals surface area contributed by atoms with E-state index in [9.17, 15) is 9.18 Å². The predicted octanol–water partition coefficient (Wildman–Crippen LogP) is 4.59. The van der Waals surface area contributed by atoms with Gasteiger partial charge in [0.05, 0.1) is 12.3 Å². The molecule has 0 saturated carbocycles. The quantitative estimate of drug-likeness (QED) is 0.270. The highest BCUT2D eigenvalue weighted by atomic mass is 32.2. The van der Waals surface area contributed by atoms with Gasteiger partial charge in [0.15, 0.2) is 5.82 Å². The number of rotatable bonds is 9. The van der Waals surface area contributed by atoms with Crippen LogP contribution in [0.25, 0.3) is 0 Å². The number of amides is 1. The van der Waals surface area contributed by atoms with E-state index >= 15 is 0 Å². The lowest BCUT2D eigenvalue weighted by Crippen LogP contribution is -2.21. The normalized spacial score (nSPS) is 11.7. The molecule has 3 aromatic carbocycles. The number of anilines is 1. The maximum absolute atomic E-state index is 14.1. The molecular formula is C25H24FN5O2S. The number of carbonyl (C=O) groups excluding carboxylic acids is 1. The Morgan fingerprint density at radius 1 is 1.06 bits per heavy atom. The molecule has 0 saturated heterocycles. The van der Waals surface area contributed by atoms with Gasteiger partial charge in [-0.2, -0.15) is 0 Å². The Morgan fingerprint density at radius 2 is 1.76 bits per heavy atom. The van der Waals surface area contributed by atoms with Gasteiger partial charge in [-0.15, -0.1) is 10.2 Å². The number of nitrogens with zero attached hydrogens (tertiary/aromatic N) is 3. The molecule has 1 amide bonds. The average Bonchev–Trinajstić information content (AvgIpc) is 3.19. The number of ether oxygens (including phenoxy) is 1. The molecule has 0 aliphatic rings. The van der Waals surface area contributed by atoms with E-state index in [1.54, 1.807) is 30.3 Å². The maximum atomic E-state index is 14.1. The lowest BCUT2D eigenvalue weighted by atomic mass is 10.1. The summed E-state index contributed by atoms with van der Waals surface area (Å²) in [6, 6.07) is 23.0. The van der Waals surface area contributed by atoms with Gasteiger partial charge in [-0.05, 0) is 36.2 Å². The first-order valence-electron chi connectivity index (χ1n) is 10.7. The monoisotopic (exact) mass is 477 g/mol. The summed E-state index contributed by atoms with van der Waals surface area (Å²) >= 11 is 1.17. The number of hydrogen-bond acceptors (Lipinski definition) is 6. The Balaban J connectivity index is 1.59. The van der Waals surface area contributed by atoms with Gasteiger partial charge in [-0.1, -0.05) is 72.4 Å². The van der Waals surface area contributed by atoms with Crippen LogP contribution in [-0.2, 0) is 11.2 Å². The van der Waals surface area contributed by atoms with E-state index in [0.717, 1.165) is 5.56 Å². The molecule has 4 rings (SSSR count). The summed E-state index contributed by atoms with van der Waals surface area (Å²) in [4.78, 5) is 13.4. The molecule has 9 heteroatoms. The number of aromatic nitrogens is 3. The van der Waals surface area contributed by atoms with Crippen molar-refractivity contribution in [2.45, 2.75) is 23.8 Å². The Kier molecular flexibility index (Phi) is 7.44. The summed E-state index contributed by atoms with van der Waals surface area (Å²) in [5.74, 6) is 6.62. The van der Waals surface area contributed by atoms with Gasteiger partial charge in [0.2, 0.25) is 11.1 Å².